The van der Waals surface area contributed by atoms with Crippen molar-refractivity contribution in [3.05, 3.63) is 71.3 Å². The van der Waals surface area contributed by atoms with Crippen molar-refractivity contribution in [1.29, 1.82) is 5.26 Å². The smallest absolute Gasteiger partial charge is 0.410 e. The Labute approximate surface area is 145 Å². The van der Waals surface area contributed by atoms with Crippen LogP contribution in [-0.2, 0) is 22.6 Å². The van der Waals surface area contributed by atoms with Crippen LogP contribution < -0.4 is 5.32 Å². The molecule has 2 aromatic carbocycles. The molecule has 1 aliphatic heterocycles. The molecular formula is C19H17N3O3. The molecule has 2 aromatic rings. The molecule has 6 heteroatoms. The van der Waals surface area contributed by atoms with Crippen molar-refractivity contribution in [1.82, 2.24) is 10.2 Å². The van der Waals surface area contributed by atoms with Gasteiger partial charge in [0, 0.05) is 6.54 Å². The van der Waals surface area contributed by atoms with Crippen LogP contribution in [0.15, 0.2) is 54.6 Å². The van der Waals surface area contributed by atoms with Crippen LogP contribution in [0, 0.1) is 11.3 Å². The molecule has 1 N–H and O–H groups in total. The maximum atomic E-state index is 12.4. The zero-order chi connectivity index (χ0) is 17.6. The van der Waals surface area contributed by atoms with Gasteiger partial charge in [0.25, 0.3) is 0 Å². The van der Waals surface area contributed by atoms with Gasteiger partial charge in [-0.2, -0.15) is 5.26 Å². The van der Waals surface area contributed by atoms with Crippen LogP contribution in [0.25, 0.3) is 0 Å². The summed E-state index contributed by atoms with van der Waals surface area (Å²) in [6.07, 6.45) is -0.510. The molecule has 6 nitrogen and oxygen atoms in total. The number of rotatable bonds is 5. The molecule has 0 unspecified atom stereocenters. The second kappa shape index (κ2) is 7.49. The molecule has 25 heavy (non-hydrogen) atoms. The number of nitriles is 1. The fourth-order valence-corrected chi connectivity index (χ4v) is 2.63. The molecule has 1 heterocycles. The molecule has 1 aliphatic rings. The fourth-order valence-electron chi connectivity index (χ4n) is 2.63. The van der Waals surface area contributed by atoms with Gasteiger partial charge in [0.05, 0.1) is 18.2 Å². The predicted molar refractivity (Wildman–Crippen MR) is 90.1 cm³/mol. The molecule has 0 spiro atoms. The molecule has 0 aromatic heterocycles. The number of nitrogens with zero attached hydrogens (tertiary/aromatic N) is 2. The van der Waals surface area contributed by atoms with E-state index in [4.69, 9.17) is 10.00 Å². The van der Waals surface area contributed by atoms with E-state index in [1.54, 1.807) is 24.3 Å². The molecule has 1 atom stereocenters. The predicted octanol–water partition coefficient (Wildman–Crippen LogP) is 2.20. The van der Waals surface area contributed by atoms with Gasteiger partial charge in [-0.25, -0.2) is 4.79 Å². The quantitative estimate of drug-likeness (QED) is 0.908. The molecular weight excluding hydrogens is 318 g/mol. The summed E-state index contributed by atoms with van der Waals surface area (Å²) in [6, 6.07) is 17.8. The number of benzene rings is 2. The Morgan fingerprint density at radius 2 is 1.88 bits per heavy atom. The summed E-state index contributed by atoms with van der Waals surface area (Å²) < 4.78 is 5.04. The molecule has 0 saturated carbocycles. The number of amides is 2. The van der Waals surface area contributed by atoms with Crippen molar-refractivity contribution in [3.8, 4) is 6.07 Å². The lowest BCUT2D eigenvalue weighted by atomic mass is 10.1. The Morgan fingerprint density at radius 3 is 2.56 bits per heavy atom. The number of ether oxygens (including phenoxy) is 1. The van der Waals surface area contributed by atoms with E-state index in [9.17, 15) is 9.59 Å². The van der Waals surface area contributed by atoms with Gasteiger partial charge in [0.1, 0.15) is 12.6 Å². The highest BCUT2D eigenvalue weighted by atomic mass is 16.6. The van der Waals surface area contributed by atoms with Crippen molar-refractivity contribution in [2.75, 3.05) is 6.61 Å². The summed E-state index contributed by atoms with van der Waals surface area (Å²) in [4.78, 5) is 25.8. The average molecular weight is 335 g/mol. The second-order valence-electron chi connectivity index (χ2n) is 5.73. The molecule has 1 fully saturated rings. The number of hydrogen-bond acceptors (Lipinski definition) is 4. The minimum Gasteiger partial charge on any atom is -0.447 e. The van der Waals surface area contributed by atoms with Gasteiger partial charge in [-0.1, -0.05) is 42.5 Å². The van der Waals surface area contributed by atoms with Gasteiger partial charge in [-0.3, -0.25) is 9.69 Å². The summed E-state index contributed by atoms with van der Waals surface area (Å²) in [6.45, 7) is 0.693. The van der Waals surface area contributed by atoms with Crippen LogP contribution in [0.4, 0.5) is 4.79 Å². The van der Waals surface area contributed by atoms with Crippen molar-refractivity contribution >= 4 is 12.0 Å². The van der Waals surface area contributed by atoms with Crippen LogP contribution in [0.3, 0.4) is 0 Å². The first-order valence-electron chi connectivity index (χ1n) is 7.91. The Kier molecular flexibility index (Phi) is 4.95. The van der Waals surface area contributed by atoms with Crippen LogP contribution in [-0.4, -0.2) is 29.5 Å². The summed E-state index contributed by atoms with van der Waals surface area (Å²) >= 11 is 0. The second-order valence-corrected chi connectivity index (χ2v) is 5.73. The highest BCUT2D eigenvalue weighted by Crippen LogP contribution is 2.17. The van der Waals surface area contributed by atoms with E-state index in [1.807, 2.05) is 36.4 Å². The Morgan fingerprint density at radius 1 is 1.16 bits per heavy atom. The summed E-state index contributed by atoms with van der Waals surface area (Å²) in [5.74, 6) is -0.247. The topological polar surface area (TPSA) is 82.4 Å². The van der Waals surface area contributed by atoms with Crippen molar-refractivity contribution < 1.29 is 14.3 Å². The molecule has 126 valence electrons. The monoisotopic (exact) mass is 335 g/mol. The minimum atomic E-state index is -0.660. The van der Waals surface area contributed by atoms with Crippen LogP contribution >= 0.6 is 0 Å². The van der Waals surface area contributed by atoms with E-state index in [0.717, 1.165) is 11.1 Å². The lowest BCUT2D eigenvalue weighted by Crippen LogP contribution is -2.45. The summed E-state index contributed by atoms with van der Waals surface area (Å²) in [7, 11) is 0. The van der Waals surface area contributed by atoms with E-state index in [0.29, 0.717) is 12.1 Å². The number of nitrogens with one attached hydrogen (secondary N) is 1. The number of cyclic esters (lactones) is 1. The van der Waals surface area contributed by atoms with E-state index >= 15 is 0 Å². The normalized spacial score (nSPS) is 16.2. The third-order valence-electron chi connectivity index (χ3n) is 4.02. The first-order chi connectivity index (χ1) is 12.2. The first-order valence-corrected chi connectivity index (χ1v) is 7.91. The largest absolute Gasteiger partial charge is 0.447 e. The molecule has 3 rings (SSSR count). The van der Waals surface area contributed by atoms with Crippen LogP contribution in [0.5, 0.6) is 0 Å². The fraction of sp³-hybridized carbons (Fsp3) is 0.211. The van der Waals surface area contributed by atoms with Crippen LogP contribution in [0.2, 0.25) is 0 Å². The van der Waals surface area contributed by atoms with Gasteiger partial charge in [0.15, 0.2) is 0 Å². The van der Waals surface area contributed by atoms with E-state index < -0.39 is 12.1 Å². The molecule has 1 saturated heterocycles. The number of carbonyl (C=O) groups is 2. The van der Waals surface area contributed by atoms with Crippen molar-refractivity contribution in [3.63, 3.8) is 0 Å². The lowest BCUT2D eigenvalue weighted by Gasteiger charge is -2.21. The number of carbonyl (C=O) groups excluding carboxylic acids is 2. The third-order valence-corrected chi connectivity index (χ3v) is 4.02. The molecule has 0 radical (unpaired) electrons. The standard InChI is InChI=1S/C19H17N3O3/c20-10-14-6-8-16(9-7-14)12-22-17(13-25-19(22)24)18(23)21-11-15-4-2-1-3-5-15/h1-9,17H,11-13H2,(H,21,23)/t17-/m0/s1. The maximum absolute atomic E-state index is 12.4. The Balaban J connectivity index is 1.64. The zero-order valence-corrected chi connectivity index (χ0v) is 13.5. The molecule has 2 amide bonds. The van der Waals surface area contributed by atoms with Crippen molar-refractivity contribution in [2.24, 2.45) is 0 Å². The Bertz CT molecular complexity index is 797. The van der Waals surface area contributed by atoms with E-state index in [2.05, 4.69) is 5.32 Å². The minimum absolute atomic E-state index is 0.0374. The van der Waals surface area contributed by atoms with E-state index in [-0.39, 0.29) is 19.1 Å². The third kappa shape index (κ3) is 3.96. The van der Waals surface area contributed by atoms with Gasteiger partial charge >= 0.3 is 6.09 Å². The van der Waals surface area contributed by atoms with Gasteiger partial charge in [-0.15, -0.1) is 0 Å². The molecule has 0 bridgehead atoms. The van der Waals surface area contributed by atoms with Crippen molar-refractivity contribution in [2.45, 2.75) is 19.1 Å². The van der Waals surface area contributed by atoms with Gasteiger partial charge in [-0.05, 0) is 23.3 Å². The highest BCUT2D eigenvalue weighted by Gasteiger charge is 2.37. The maximum Gasteiger partial charge on any atom is 0.410 e. The van der Waals surface area contributed by atoms with Gasteiger partial charge < -0.3 is 10.1 Å². The van der Waals surface area contributed by atoms with Crippen LogP contribution in [0.1, 0.15) is 16.7 Å². The average Bonchev–Trinajstić information content (AvgIpc) is 3.02. The molecule has 0 aliphatic carbocycles. The SMILES string of the molecule is N#Cc1ccc(CN2C(=O)OC[C@H]2C(=O)NCc2ccccc2)cc1. The Hall–Kier alpha value is -3.33. The highest BCUT2D eigenvalue weighted by molar-refractivity contribution is 5.87. The zero-order valence-electron chi connectivity index (χ0n) is 13.5. The number of hydrogen-bond donors (Lipinski definition) is 1. The lowest BCUT2D eigenvalue weighted by molar-refractivity contribution is -0.125. The summed E-state index contributed by atoms with van der Waals surface area (Å²) in [5, 5.41) is 11.7. The first kappa shape index (κ1) is 16.5. The van der Waals surface area contributed by atoms with E-state index in [1.165, 1.54) is 4.90 Å². The summed E-state index contributed by atoms with van der Waals surface area (Å²) in [5.41, 5.74) is 2.36. The van der Waals surface area contributed by atoms with Gasteiger partial charge in [0.2, 0.25) is 5.91 Å².